The van der Waals surface area contributed by atoms with Crippen LogP contribution < -0.4 is 0 Å². The molecule has 1 aliphatic rings. The number of rotatable bonds is 3. The molecule has 0 radical (unpaired) electrons. The summed E-state index contributed by atoms with van der Waals surface area (Å²) >= 11 is 3.41. The second kappa shape index (κ2) is 4.35. The van der Waals surface area contributed by atoms with Crippen molar-refractivity contribution < 1.29 is 9.90 Å². The first-order chi connectivity index (χ1) is 7.18. The van der Waals surface area contributed by atoms with Crippen LogP contribution in [0.3, 0.4) is 0 Å². The van der Waals surface area contributed by atoms with E-state index in [2.05, 4.69) is 25.5 Å². The largest absolute Gasteiger partial charge is 0.481 e. The molecular weight excluding hydrogens is 260 g/mol. The van der Waals surface area contributed by atoms with Crippen LogP contribution in [0.5, 0.6) is 0 Å². The zero-order chi connectivity index (χ0) is 10.8. The van der Waals surface area contributed by atoms with Gasteiger partial charge in [0.2, 0.25) is 0 Å². The van der Waals surface area contributed by atoms with Crippen molar-refractivity contribution in [2.75, 3.05) is 0 Å². The average molecular weight is 273 g/mol. The third-order valence-electron chi connectivity index (χ3n) is 2.88. The van der Waals surface area contributed by atoms with E-state index < -0.39 is 5.97 Å². The predicted octanol–water partition coefficient (Wildman–Crippen LogP) is 2.39. The van der Waals surface area contributed by atoms with E-state index in [9.17, 15) is 4.79 Å². The summed E-state index contributed by atoms with van der Waals surface area (Å²) in [6, 6.07) is 0.309. The molecule has 5 heteroatoms. The molecule has 0 saturated heterocycles. The van der Waals surface area contributed by atoms with Crippen molar-refractivity contribution in [1.82, 2.24) is 9.55 Å². The smallest absolute Gasteiger partial charge is 0.303 e. The van der Waals surface area contributed by atoms with Gasteiger partial charge in [-0.25, -0.2) is 4.98 Å². The lowest BCUT2D eigenvalue weighted by atomic mass is 9.99. The molecular formula is C10H13BrN2O2. The molecule has 4 nitrogen and oxygen atoms in total. The van der Waals surface area contributed by atoms with Crippen molar-refractivity contribution in [2.45, 2.75) is 38.1 Å². The Morgan fingerprint density at radius 3 is 3.27 bits per heavy atom. The highest BCUT2D eigenvalue weighted by Gasteiger charge is 2.22. The highest BCUT2D eigenvalue weighted by molar-refractivity contribution is 9.10. The molecule has 2 heterocycles. The van der Waals surface area contributed by atoms with Crippen molar-refractivity contribution in [2.24, 2.45) is 0 Å². The van der Waals surface area contributed by atoms with E-state index in [1.54, 1.807) is 0 Å². The lowest BCUT2D eigenvalue weighted by molar-refractivity contribution is -0.137. The molecule has 1 aromatic rings. The fourth-order valence-electron chi connectivity index (χ4n) is 2.13. The summed E-state index contributed by atoms with van der Waals surface area (Å²) in [7, 11) is 0. The minimum absolute atomic E-state index is 0.236. The summed E-state index contributed by atoms with van der Waals surface area (Å²) in [5.41, 5.74) is 1.21. The fraction of sp³-hybridized carbons (Fsp3) is 0.600. The van der Waals surface area contributed by atoms with Gasteiger partial charge in [-0.1, -0.05) is 0 Å². The van der Waals surface area contributed by atoms with E-state index in [1.165, 1.54) is 5.69 Å². The Bertz CT molecular complexity index is 375. The van der Waals surface area contributed by atoms with Gasteiger partial charge in [-0.2, -0.15) is 0 Å². The standard InChI is InChI=1S/C10H13BrN2O2/c11-10-8-3-1-2-7(4-5-9(14)15)13(8)6-12-10/h6-7H,1-5H2,(H,14,15). The molecule has 0 aliphatic carbocycles. The first kappa shape index (κ1) is 10.7. The molecule has 2 rings (SSSR count). The lowest BCUT2D eigenvalue weighted by Crippen LogP contribution is -2.17. The van der Waals surface area contributed by atoms with Crippen LogP contribution in [0.25, 0.3) is 0 Å². The summed E-state index contributed by atoms with van der Waals surface area (Å²) in [6.07, 6.45) is 5.96. The van der Waals surface area contributed by atoms with Gasteiger partial charge in [0.1, 0.15) is 4.60 Å². The van der Waals surface area contributed by atoms with Crippen LogP contribution in [0, 0.1) is 0 Å². The summed E-state index contributed by atoms with van der Waals surface area (Å²) in [5, 5.41) is 8.66. The average Bonchev–Trinajstić information content (AvgIpc) is 2.58. The van der Waals surface area contributed by atoms with E-state index in [4.69, 9.17) is 5.11 Å². The van der Waals surface area contributed by atoms with E-state index >= 15 is 0 Å². The number of nitrogens with zero attached hydrogens (tertiary/aromatic N) is 2. The van der Waals surface area contributed by atoms with Crippen LogP contribution in [0.4, 0.5) is 0 Å². The SMILES string of the molecule is O=C(O)CCC1CCCc2c(Br)ncn21. The number of carboxylic acids is 1. The maximum Gasteiger partial charge on any atom is 0.303 e. The molecule has 0 fully saturated rings. The van der Waals surface area contributed by atoms with E-state index in [-0.39, 0.29) is 6.42 Å². The molecule has 1 unspecified atom stereocenters. The van der Waals surface area contributed by atoms with Crippen molar-refractivity contribution in [3.63, 3.8) is 0 Å². The topological polar surface area (TPSA) is 55.1 Å². The van der Waals surface area contributed by atoms with Crippen molar-refractivity contribution in [3.05, 3.63) is 16.6 Å². The number of carbonyl (C=O) groups is 1. The maximum atomic E-state index is 10.5. The molecule has 1 atom stereocenters. The number of hydrogen-bond acceptors (Lipinski definition) is 2. The Hall–Kier alpha value is -0.840. The molecule has 0 saturated carbocycles. The summed E-state index contributed by atoms with van der Waals surface area (Å²) in [5.74, 6) is -0.721. The van der Waals surface area contributed by atoms with E-state index in [0.29, 0.717) is 12.5 Å². The van der Waals surface area contributed by atoms with E-state index in [0.717, 1.165) is 23.9 Å². The summed E-state index contributed by atoms with van der Waals surface area (Å²) in [6.45, 7) is 0. The Balaban J connectivity index is 2.12. The van der Waals surface area contributed by atoms with Gasteiger partial charge in [0.25, 0.3) is 0 Å². The molecule has 1 aliphatic heterocycles. The number of fused-ring (bicyclic) bond motifs is 1. The van der Waals surface area contributed by atoms with Crippen LogP contribution in [0.2, 0.25) is 0 Å². The molecule has 1 aromatic heterocycles. The fourth-order valence-corrected chi connectivity index (χ4v) is 2.62. The van der Waals surface area contributed by atoms with Crippen LogP contribution in [-0.4, -0.2) is 20.6 Å². The van der Waals surface area contributed by atoms with E-state index in [1.807, 2.05) is 6.33 Å². The zero-order valence-corrected chi connectivity index (χ0v) is 9.90. The summed E-state index contributed by atoms with van der Waals surface area (Å²) in [4.78, 5) is 14.7. The minimum atomic E-state index is -0.721. The van der Waals surface area contributed by atoms with Gasteiger partial charge < -0.3 is 9.67 Å². The second-order valence-corrected chi connectivity index (χ2v) is 4.62. The van der Waals surface area contributed by atoms with Gasteiger partial charge in [-0.15, -0.1) is 0 Å². The Morgan fingerprint density at radius 2 is 2.53 bits per heavy atom. The van der Waals surface area contributed by atoms with Gasteiger partial charge in [0.15, 0.2) is 0 Å². The Labute approximate surface area is 96.4 Å². The van der Waals surface area contributed by atoms with Crippen LogP contribution in [-0.2, 0) is 11.2 Å². The minimum Gasteiger partial charge on any atom is -0.481 e. The molecule has 0 aromatic carbocycles. The first-order valence-electron chi connectivity index (χ1n) is 5.11. The molecule has 0 spiro atoms. The van der Waals surface area contributed by atoms with Gasteiger partial charge in [-0.3, -0.25) is 4.79 Å². The maximum absolute atomic E-state index is 10.5. The Morgan fingerprint density at radius 1 is 1.73 bits per heavy atom. The summed E-state index contributed by atoms with van der Waals surface area (Å²) < 4.78 is 3.03. The number of aliphatic carboxylic acids is 1. The third kappa shape index (κ3) is 2.22. The zero-order valence-electron chi connectivity index (χ0n) is 8.32. The second-order valence-electron chi connectivity index (χ2n) is 3.87. The molecule has 0 amide bonds. The highest BCUT2D eigenvalue weighted by atomic mass is 79.9. The van der Waals surface area contributed by atoms with Gasteiger partial charge in [-0.05, 0) is 41.6 Å². The molecule has 15 heavy (non-hydrogen) atoms. The first-order valence-corrected chi connectivity index (χ1v) is 5.91. The number of halogens is 1. The quantitative estimate of drug-likeness (QED) is 0.919. The highest BCUT2D eigenvalue weighted by Crippen LogP contribution is 2.31. The third-order valence-corrected chi connectivity index (χ3v) is 3.54. The van der Waals surface area contributed by atoms with Crippen LogP contribution >= 0.6 is 15.9 Å². The van der Waals surface area contributed by atoms with Crippen molar-refractivity contribution in [3.8, 4) is 0 Å². The number of aromatic nitrogens is 2. The lowest BCUT2D eigenvalue weighted by Gasteiger charge is -2.25. The number of imidazole rings is 1. The van der Waals surface area contributed by atoms with Crippen LogP contribution in [0.15, 0.2) is 10.9 Å². The van der Waals surface area contributed by atoms with Crippen molar-refractivity contribution in [1.29, 1.82) is 0 Å². The van der Waals surface area contributed by atoms with Gasteiger partial charge in [0, 0.05) is 12.5 Å². The van der Waals surface area contributed by atoms with Gasteiger partial charge >= 0.3 is 5.97 Å². The molecule has 82 valence electrons. The number of carboxylic acid groups (broad SMARTS) is 1. The molecule has 0 bridgehead atoms. The normalized spacial score (nSPS) is 19.9. The monoisotopic (exact) mass is 272 g/mol. The number of hydrogen-bond donors (Lipinski definition) is 1. The van der Waals surface area contributed by atoms with Crippen LogP contribution in [0.1, 0.15) is 37.4 Å². The predicted molar refractivity (Wildman–Crippen MR) is 58.8 cm³/mol. The molecule has 1 N–H and O–H groups in total. The Kier molecular flexibility index (Phi) is 3.09. The van der Waals surface area contributed by atoms with Crippen molar-refractivity contribution >= 4 is 21.9 Å². The van der Waals surface area contributed by atoms with Gasteiger partial charge in [0.05, 0.1) is 12.0 Å².